The van der Waals surface area contributed by atoms with Gasteiger partial charge in [-0.1, -0.05) is 32.0 Å². The normalized spacial score (nSPS) is 20.3. The topological polar surface area (TPSA) is 31.6 Å². The molecule has 1 aromatic heterocycles. The van der Waals surface area contributed by atoms with E-state index in [-0.39, 0.29) is 6.61 Å². The number of rotatable bonds is 6. The molecule has 0 spiro atoms. The highest BCUT2D eigenvalue weighted by Gasteiger charge is 2.27. The van der Waals surface area contributed by atoms with Crippen molar-refractivity contribution in [3.8, 4) is 0 Å². The Bertz CT molecular complexity index is 664. The van der Waals surface area contributed by atoms with E-state index in [9.17, 15) is 5.11 Å². The van der Waals surface area contributed by atoms with Crippen molar-refractivity contribution >= 4 is 10.9 Å². The summed E-state index contributed by atoms with van der Waals surface area (Å²) in [4.78, 5) is 5.12. The molecule has 1 aliphatic heterocycles. The molecule has 0 bridgehead atoms. The van der Waals surface area contributed by atoms with E-state index < -0.39 is 0 Å². The van der Waals surface area contributed by atoms with Gasteiger partial charge in [0.2, 0.25) is 0 Å². The Balaban J connectivity index is 1.71. The Kier molecular flexibility index (Phi) is 5.59. The van der Waals surface area contributed by atoms with Crippen LogP contribution in [-0.4, -0.2) is 58.3 Å². The van der Waals surface area contributed by atoms with Crippen LogP contribution in [0.15, 0.2) is 30.5 Å². The maximum atomic E-state index is 9.44. The first-order valence-corrected chi connectivity index (χ1v) is 9.18. The third-order valence-corrected chi connectivity index (χ3v) is 5.12. The molecule has 1 atom stereocenters. The van der Waals surface area contributed by atoms with Crippen LogP contribution in [0.25, 0.3) is 10.9 Å². The van der Waals surface area contributed by atoms with Crippen LogP contribution in [0.1, 0.15) is 25.8 Å². The summed E-state index contributed by atoms with van der Waals surface area (Å²) in [7, 11) is 2.13. The number of fused-ring (bicyclic) bond motifs is 1. The van der Waals surface area contributed by atoms with Crippen LogP contribution in [0.5, 0.6) is 0 Å². The Morgan fingerprint density at radius 1 is 1.21 bits per heavy atom. The van der Waals surface area contributed by atoms with Crippen LogP contribution in [0.4, 0.5) is 0 Å². The van der Waals surface area contributed by atoms with Crippen molar-refractivity contribution in [3.05, 3.63) is 36.0 Å². The number of piperazine rings is 1. The molecule has 1 fully saturated rings. The van der Waals surface area contributed by atoms with E-state index in [4.69, 9.17) is 0 Å². The Hall–Kier alpha value is -1.36. The molecule has 2 aromatic rings. The number of nitrogens with zero attached hydrogens (tertiary/aromatic N) is 3. The molecular formula is C20H31N3O. The van der Waals surface area contributed by atoms with Gasteiger partial charge < -0.3 is 9.67 Å². The molecular weight excluding hydrogens is 298 g/mol. The molecule has 2 heterocycles. The van der Waals surface area contributed by atoms with Crippen LogP contribution in [-0.2, 0) is 13.6 Å². The molecule has 1 aromatic carbocycles. The third kappa shape index (κ3) is 3.82. The average Bonchev–Trinajstić information content (AvgIpc) is 2.86. The van der Waals surface area contributed by atoms with Crippen LogP contribution < -0.4 is 0 Å². The monoisotopic (exact) mass is 329 g/mol. The molecule has 1 N–H and O–H groups in total. The minimum absolute atomic E-state index is 0.279. The van der Waals surface area contributed by atoms with Crippen molar-refractivity contribution in [2.24, 2.45) is 13.0 Å². The van der Waals surface area contributed by atoms with Gasteiger partial charge in [-0.15, -0.1) is 0 Å². The third-order valence-electron chi connectivity index (χ3n) is 5.12. The number of aryl methyl sites for hydroxylation is 1. The lowest BCUT2D eigenvalue weighted by atomic mass is 10.1. The molecule has 0 unspecified atom stereocenters. The van der Waals surface area contributed by atoms with Crippen LogP contribution in [0.2, 0.25) is 0 Å². The molecule has 0 saturated carbocycles. The SMILES string of the molecule is CC(C)CN1CCN(Cc2cn(C)c3ccccc23)C[C@@H]1CCO. The predicted molar refractivity (Wildman–Crippen MR) is 100 cm³/mol. The second-order valence-electron chi connectivity index (χ2n) is 7.57. The number of hydrogen-bond acceptors (Lipinski definition) is 3. The van der Waals surface area contributed by atoms with Crippen molar-refractivity contribution < 1.29 is 5.11 Å². The van der Waals surface area contributed by atoms with E-state index in [2.05, 4.69) is 65.7 Å². The van der Waals surface area contributed by atoms with E-state index in [0.717, 1.165) is 39.1 Å². The molecule has 1 saturated heterocycles. The smallest absolute Gasteiger partial charge is 0.0481 e. The maximum Gasteiger partial charge on any atom is 0.0481 e. The van der Waals surface area contributed by atoms with Gasteiger partial charge in [0.15, 0.2) is 0 Å². The predicted octanol–water partition coefficient (Wildman–Crippen LogP) is 2.70. The quantitative estimate of drug-likeness (QED) is 0.884. The highest BCUT2D eigenvalue weighted by molar-refractivity contribution is 5.83. The number of aliphatic hydroxyl groups excluding tert-OH is 1. The molecule has 0 aliphatic carbocycles. The summed E-state index contributed by atoms with van der Waals surface area (Å²) in [5.74, 6) is 0.677. The molecule has 132 valence electrons. The summed E-state index contributed by atoms with van der Waals surface area (Å²) < 4.78 is 2.23. The zero-order valence-electron chi connectivity index (χ0n) is 15.3. The lowest BCUT2D eigenvalue weighted by molar-refractivity contribution is 0.0478. The summed E-state index contributed by atoms with van der Waals surface area (Å²) in [6, 6.07) is 9.12. The number of benzene rings is 1. The highest BCUT2D eigenvalue weighted by Crippen LogP contribution is 2.23. The van der Waals surface area contributed by atoms with E-state index in [1.54, 1.807) is 0 Å². The van der Waals surface area contributed by atoms with Gasteiger partial charge in [0, 0.05) is 69.5 Å². The summed E-state index contributed by atoms with van der Waals surface area (Å²) in [5, 5.41) is 10.8. The Labute approximate surface area is 145 Å². The lowest BCUT2D eigenvalue weighted by Gasteiger charge is -2.42. The van der Waals surface area contributed by atoms with E-state index in [1.807, 2.05) is 0 Å². The van der Waals surface area contributed by atoms with Crippen molar-refractivity contribution in [1.82, 2.24) is 14.4 Å². The maximum absolute atomic E-state index is 9.44. The number of aliphatic hydroxyl groups is 1. The van der Waals surface area contributed by atoms with Gasteiger partial charge in [-0.3, -0.25) is 9.80 Å². The summed E-state index contributed by atoms with van der Waals surface area (Å²) in [6.45, 7) is 10.2. The molecule has 24 heavy (non-hydrogen) atoms. The molecule has 0 amide bonds. The second-order valence-corrected chi connectivity index (χ2v) is 7.57. The van der Waals surface area contributed by atoms with Crippen molar-refractivity contribution in [2.45, 2.75) is 32.9 Å². The standard InChI is InChI=1S/C20H31N3O/c1-16(2)12-23-10-9-22(15-18(23)8-11-24)14-17-13-21(3)20-7-5-4-6-19(17)20/h4-7,13,16,18,24H,8-12,14-15H2,1-3H3/t18-/m0/s1. The molecule has 0 radical (unpaired) electrons. The van der Waals surface area contributed by atoms with Crippen LogP contribution in [0.3, 0.4) is 0 Å². The lowest BCUT2D eigenvalue weighted by Crippen LogP contribution is -2.53. The minimum atomic E-state index is 0.279. The van der Waals surface area contributed by atoms with Gasteiger partial charge >= 0.3 is 0 Å². The van der Waals surface area contributed by atoms with Crippen molar-refractivity contribution in [3.63, 3.8) is 0 Å². The first-order chi connectivity index (χ1) is 11.6. The molecule has 3 rings (SSSR count). The largest absolute Gasteiger partial charge is 0.396 e. The van der Waals surface area contributed by atoms with Gasteiger partial charge in [-0.05, 0) is 24.0 Å². The Morgan fingerprint density at radius 2 is 2.00 bits per heavy atom. The van der Waals surface area contributed by atoms with Crippen LogP contribution >= 0.6 is 0 Å². The highest BCUT2D eigenvalue weighted by atomic mass is 16.3. The van der Waals surface area contributed by atoms with E-state index in [0.29, 0.717) is 12.0 Å². The second kappa shape index (κ2) is 7.68. The van der Waals surface area contributed by atoms with Gasteiger partial charge in [0.05, 0.1) is 0 Å². The fourth-order valence-electron chi connectivity index (χ4n) is 4.03. The van der Waals surface area contributed by atoms with Gasteiger partial charge in [0.25, 0.3) is 0 Å². The minimum Gasteiger partial charge on any atom is -0.396 e. The number of hydrogen-bond donors (Lipinski definition) is 1. The molecule has 4 nitrogen and oxygen atoms in total. The van der Waals surface area contributed by atoms with E-state index in [1.165, 1.54) is 16.5 Å². The zero-order valence-corrected chi connectivity index (χ0v) is 15.3. The van der Waals surface area contributed by atoms with E-state index >= 15 is 0 Å². The average molecular weight is 329 g/mol. The summed E-state index contributed by atoms with van der Waals surface area (Å²) in [5.41, 5.74) is 2.71. The molecule has 1 aliphatic rings. The van der Waals surface area contributed by atoms with Crippen molar-refractivity contribution in [2.75, 3.05) is 32.8 Å². The van der Waals surface area contributed by atoms with Crippen LogP contribution in [0, 0.1) is 5.92 Å². The number of para-hydroxylation sites is 1. The first kappa shape index (κ1) is 17.5. The van der Waals surface area contributed by atoms with Crippen molar-refractivity contribution in [1.29, 1.82) is 0 Å². The fraction of sp³-hybridized carbons (Fsp3) is 0.600. The molecule has 4 heteroatoms. The van der Waals surface area contributed by atoms with Gasteiger partial charge in [0.1, 0.15) is 0 Å². The fourth-order valence-corrected chi connectivity index (χ4v) is 4.03. The van der Waals surface area contributed by atoms with Gasteiger partial charge in [-0.25, -0.2) is 0 Å². The van der Waals surface area contributed by atoms with Gasteiger partial charge in [-0.2, -0.15) is 0 Å². The summed E-state index contributed by atoms with van der Waals surface area (Å²) in [6.07, 6.45) is 3.14. The first-order valence-electron chi connectivity index (χ1n) is 9.18. The zero-order chi connectivity index (χ0) is 17.1. The summed E-state index contributed by atoms with van der Waals surface area (Å²) >= 11 is 0. The Morgan fingerprint density at radius 3 is 2.75 bits per heavy atom. The number of aromatic nitrogens is 1.